The van der Waals surface area contributed by atoms with E-state index < -0.39 is 17.7 Å². The Bertz CT molecular complexity index is 598. The minimum atomic E-state index is -4.71. The Morgan fingerprint density at radius 1 is 1.28 bits per heavy atom. The molecule has 0 amide bonds. The lowest BCUT2D eigenvalue weighted by Gasteiger charge is -2.08. The molecule has 0 fully saturated rings. The van der Waals surface area contributed by atoms with E-state index in [2.05, 4.69) is 5.10 Å². The van der Waals surface area contributed by atoms with Gasteiger partial charge in [-0.15, -0.1) is 5.10 Å². The molecule has 1 aromatic carbocycles. The highest BCUT2D eigenvalue weighted by Crippen LogP contribution is 2.28. The van der Waals surface area contributed by atoms with Crippen LogP contribution in [0.5, 0.6) is 5.75 Å². The van der Waals surface area contributed by atoms with Crippen LogP contribution in [-0.2, 0) is 6.18 Å². The van der Waals surface area contributed by atoms with E-state index in [-0.39, 0.29) is 5.69 Å². The fraction of sp³-hybridized carbons (Fsp3) is 0.200. The SMILES string of the molecule is COc1ccc(-n2c(C(F)(F)F)n[nH]c2=O)cc1. The van der Waals surface area contributed by atoms with Crippen molar-refractivity contribution in [2.24, 2.45) is 0 Å². The molecule has 1 aromatic heterocycles. The van der Waals surface area contributed by atoms with E-state index >= 15 is 0 Å². The standard InChI is InChI=1S/C10H8F3N3O2/c1-18-7-4-2-6(3-5-7)16-8(10(11,12)13)14-15-9(16)17/h2-5H,1H3,(H,15,17). The van der Waals surface area contributed by atoms with Crippen molar-refractivity contribution in [1.29, 1.82) is 0 Å². The van der Waals surface area contributed by atoms with E-state index in [1.807, 2.05) is 0 Å². The normalized spacial score (nSPS) is 11.6. The average molecular weight is 259 g/mol. The Balaban J connectivity index is 2.56. The van der Waals surface area contributed by atoms with Gasteiger partial charge in [0, 0.05) is 0 Å². The number of methoxy groups -OCH3 is 1. The fourth-order valence-corrected chi connectivity index (χ4v) is 1.46. The molecule has 96 valence electrons. The lowest BCUT2D eigenvalue weighted by molar-refractivity contribution is -0.146. The molecule has 2 aromatic rings. The number of halogens is 3. The second-order valence-corrected chi connectivity index (χ2v) is 3.38. The molecule has 0 radical (unpaired) electrons. The fourth-order valence-electron chi connectivity index (χ4n) is 1.46. The van der Waals surface area contributed by atoms with Crippen LogP contribution >= 0.6 is 0 Å². The first-order valence-corrected chi connectivity index (χ1v) is 4.82. The van der Waals surface area contributed by atoms with Gasteiger partial charge >= 0.3 is 11.9 Å². The number of aromatic amines is 1. The summed E-state index contributed by atoms with van der Waals surface area (Å²) in [6.45, 7) is 0. The van der Waals surface area contributed by atoms with Crippen LogP contribution in [0.25, 0.3) is 5.69 Å². The number of nitrogens with one attached hydrogen (secondary N) is 1. The Morgan fingerprint density at radius 2 is 1.89 bits per heavy atom. The van der Waals surface area contributed by atoms with Crippen LogP contribution in [0.2, 0.25) is 0 Å². The number of H-pyrrole nitrogens is 1. The number of aromatic nitrogens is 3. The van der Waals surface area contributed by atoms with Crippen LogP contribution in [0.15, 0.2) is 29.1 Å². The molecule has 0 saturated carbocycles. The summed E-state index contributed by atoms with van der Waals surface area (Å²) in [7, 11) is 1.43. The molecule has 1 N–H and O–H groups in total. The molecule has 8 heteroatoms. The van der Waals surface area contributed by atoms with Crippen LogP contribution < -0.4 is 10.4 Å². The first kappa shape index (κ1) is 12.2. The van der Waals surface area contributed by atoms with Gasteiger partial charge in [0.25, 0.3) is 0 Å². The average Bonchev–Trinajstić information content (AvgIpc) is 2.71. The van der Waals surface area contributed by atoms with E-state index in [4.69, 9.17) is 4.74 Å². The van der Waals surface area contributed by atoms with Crippen molar-refractivity contribution >= 4 is 0 Å². The molecule has 2 rings (SSSR count). The first-order valence-electron chi connectivity index (χ1n) is 4.82. The highest BCUT2D eigenvalue weighted by atomic mass is 19.4. The molecule has 5 nitrogen and oxygen atoms in total. The molecule has 0 aliphatic carbocycles. The van der Waals surface area contributed by atoms with Crippen molar-refractivity contribution in [3.8, 4) is 11.4 Å². The lowest BCUT2D eigenvalue weighted by Crippen LogP contribution is -2.21. The smallest absolute Gasteiger partial charge is 0.452 e. The van der Waals surface area contributed by atoms with Crippen LogP contribution in [0, 0.1) is 0 Å². The third kappa shape index (κ3) is 2.08. The predicted octanol–water partition coefficient (Wildman–Crippen LogP) is 1.59. The van der Waals surface area contributed by atoms with Gasteiger partial charge in [0.1, 0.15) is 5.75 Å². The number of ether oxygens (including phenoxy) is 1. The number of hydrogen-bond acceptors (Lipinski definition) is 3. The summed E-state index contributed by atoms with van der Waals surface area (Å²) in [5, 5.41) is 4.75. The van der Waals surface area contributed by atoms with Crippen molar-refractivity contribution in [2.75, 3.05) is 7.11 Å². The summed E-state index contributed by atoms with van der Waals surface area (Å²) in [4.78, 5) is 11.4. The van der Waals surface area contributed by atoms with Crippen molar-refractivity contribution < 1.29 is 17.9 Å². The quantitative estimate of drug-likeness (QED) is 0.890. The molecule has 0 aliphatic rings. The number of hydrogen-bond donors (Lipinski definition) is 1. The third-order valence-corrected chi connectivity index (χ3v) is 2.26. The Labute approximate surface area is 98.8 Å². The third-order valence-electron chi connectivity index (χ3n) is 2.26. The van der Waals surface area contributed by atoms with E-state index in [9.17, 15) is 18.0 Å². The van der Waals surface area contributed by atoms with Gasteiger partial charge in [-0.2, -0.15) is 13.2 Å². The van der Waals surface area contributed by atoms with Gasteiger partial charge in [-0.3, -0.25) is 0 Å². The maximum Gasteiger partial charge on any atom is 0.452 e. The van der Waals surface area contributed by atoms with Gasteiger partial charge in [0.15, 0.2) is 0 Å². The monoisotopic (exact) mass is 259 g/mol. The van der Waals surface area contributed by atoms with Crippen molar-refractivity contribution in [2.45, 2.75) is 6.18 Å². The minimum absolute atomic E-state index is 0.0573. The summed E-state index contributed by atoms with van der Waals surface area (Å²) in [5.74, 6) is -0.818. The zero-order valence-electron chi connectivity index (χ0n) is 9.15. The van der Waals surface area contributed by atoms with E-state index in [0.29, 0.717) is 10.3 Å². The molecule has 0 unspecified atom stereocenters. The van der Waals surface area contributed by atoms with Gasteiger partial charge in [-0.25, -0.2) is 14.5 Å². The zero-order chi connectivity index (χ0) is 13.3. The maximum absolute atomic E-state index is 12.6. The summed E-state index contributed by atoms with van der Waals surface area (Å²) in [6, 6.07) is 5.58. The van der Waals surface area contributed by atoms with Crippen molar-refractivity contribution in [3.05, 3.63) is 40.6 Å². The molecule has 1 heterocycles. The maximum atomic E-state index is 12.6. The number of rotatable bonds is 2. The molecular weight excluding hydrogens is 251 g/mol. The van der Waals surface area contributed by atoms with Crippen molar-refractivity contribution in [3.63, 3.8) is 0 Å². The number of benzene rings is 1. The van der Waals surface area contributed by atoms with E-state index in [1.54, 1.807) is 5.10 Å². The number of nitrogens with zero attached hydrogens (tertiary/aromatic N) is 2. The van der Waals surface area contributed by atoms with Gasteiger partial charge in [0.2, 0.25) is 5.82 Å². The van der Waals surface area contributed by atoms with Gasteiger partial charge in [-0.05, 0) is 24.3 Å². The Kier molecular flexibility index (Phi) is 2.85. The summed E-state index contributed by atoms with van der Waals surface area (Å²) >= 11 is 0. The number of alkyl halides is 3. The van der Waals surface area contributed by atoms with Crippen molar-refractivity contribution in [1.82, 2.24) is 14.8 Å². The predicted molar refractivity (Wildman–Crippen MR) is 55.7 cm³/mol. The Hall–Kier alpha value is -2.25. The summed E-state index contributed by atoms with van der Waals surface area (Å²) in [5.41, 5.74) is -0.894. The van der Waals surface area contributed by atoms with Gasteiger partial charge < -0.3 is 4.74 Å². The molecule has 0 bridgehead atoms. The van der Waals surface area contributed by atoms with Crippen LogP contribution in [0.3, 0.4) is 0 Å². The minimum Gasteiger partial charge on any atom is -0.497 e. The molecule has 0 saturated heterocycles. The Morgan fingerprint density at radius 3 is 2.39 bits per heavy atom. The van der Waals surface area contributed by atoms with E-state index in [1.165, 1.54) is 31.4 Å². The van der Waals surface area contributed by atoms with Crippen LogP contribution in [0.4, 0.5) is 13.2 Å². The molecule has 18 heavy (non-hydrogen) atoms. The lowest BCUT2D eigenvalue weighted by atomic mass is 10.3. The highest BCUT2D eigenvalue weighted by molar-refractivity contribution is 5.38. The molecule has 0 aliphatic heterocycles. The van der Waals surface area contributed by atoms with Gasteiger partial charge in [0.05, 0.1) is 12.8 Å². The summed E-state index contributed by atoms with van der Waals surface area (Å²) < 4.78 is 43.2. The molecule has 0 atom stereocenters. The summed E-state index contributed by atoms with van der Waals surface area (Å²) in [6.07, 6.45) is -4.71. The van der Waals surface area contributed by atoms with Crippen LogP contribution in [0.1, 0.15) is 5.82 Å². The topological polar surface area (TPSA) is 59.9 Å². The zero-order valence-corrected chi connectivity index (χ0v) is 9.15. The first-order chi connectivity index (χ1) is 8.43. The molecular formula is C10H8F3N3O2. The highest BCUT2D eigenvalue weighted by Gasteiger charge is 2.38. The van der Waals surface area contributed by atoms with Crippen LogP contribution in [-0.4, -0.2) is 21.9 Å². The van der Waals surface area contributed by atoms with Gasteiger partial charge in [-0.1, -0.05) is 0 Å². The largest absolute Gasteiger partial charge is 0.497 e. The second kappa shape index (κ2) is 4.21. The second-order valence-electron chi connectivity index (χ2n) is 3.38. The molecule has 0 spiro atoms. The van der Waals surface area contributed by atoms with E-state index in [0.717, 1.165) is 0 Å².